The molecular formula is C32H39NO7. The van der Waals surface area contributed by atoms with E-state index in [2.05, 4.69) is 5.32 Å². The van der Waals surface area contributed by atoms with E-state index in [0.29, 0.717) is 59.3 Å². The van der Waals surface area contributed by atoms with Crippen LogP contribution in [0.5, 0.6) is 23.0 Å². The molecule has 1 heterocycles. The Balaban J connectivity index is 1.79. The van der Waals surface area contributed by atoms with Gasteiger partial charge >= 0.3 is 5.97 Å². The molecule has 8 nitrogen and oxygen atoms in total. The number of ether oxygens (including phenoxy) is 5. The topological polar surface area (TPSA) is 92.3 Å². The third-order valence-electron chi connectivity index (χ3n) is 7.30. The van der Waals surface area contributed by atoms with E-state index in [4.69, 9.17) is 23.7 Å². The molecule has 40 heavy (non-hydrogen) atoms. The molecule has 0 saturated carbocycles. The molecule has 0 bridgehead atoms. The monoisotopic (exact) mass is 549 g/mol. The van der Waals surface area contributed by atoms with Gasteiger partial charge in [0.1, 0.15) is 0 Å². The number of benzene rings is 2. The normalized spacial score (nSPS) is 18.8. The lowest BCUT2D eigenvalue weighted by Crippen LogP contribution is -2.36. The van der Waals surface area contributed by atoms with Crippen LogP contribution in [-0.2, 0) is 14.3 Å². The zero-order valence-corrected chi connectivity index (χ0v) is 24.4. The van der Waals surface area contributed by atoms with Gasteiger partial charge in [-0.15, -0.1) is 0 Å². The van der Waals surface area contributed by atoms with E-state index in [-0.39, 0.29) is 24.2 Å². The van der Waals surface area contributed by atoms with Gasteiger partial charge in [0.05, 0.1) is 40.1 Å². The first kappa shape index (κ1) is 29.1. The predicted octanol–water partition coefficient (Wildman–Crippen LogP) is 5.67. The Hall–Kier alpha value is -3.94. The summed E-state index contributed by atoms with van der Waals surface area (Å²) in [4.78, 5) is 27.4. The minimum atomic E-state index is -0.598. The zero-order chi connectivity index (χ0) is 29.0. The van der Waals surface area contributed by atoms with Crippen molar-refractivity contribution in [3.05, 3.63) is 70.1 Å². The lowest BCUT2D eigenvalue weighted by molar-refractivity contribution is -0.140. The highest BCUT2D eigenvalue weighted by Gasteiger charge is 2.42. The number of carbonyl (C=O) groups is 2. The van der Waals surface area contributed by atoms with Gasteiger partial charge in [-0.25, -0.2) is 4.79 Å². The molecule has 0 radical (unpaired) electrons. The summed E-state index contributed by atoms with van der Waals surface area (Å²) in [6, 6.07) is 11.3. The predicted molar refractivity (Wildman–Crippen MR) is 152 cm³/mol. The van der Waals surface area contributed by atoms with Crippen molar-refractivity contribution in [2.45, 2.75) is 52.4 Å². The highest BCUT2D eigenvalue weighted by molar-refractivity contribution is 6.04. The van der Waals surface area contributed by atoms with Gasteiger partial charge in [-0.2, -0.15) is 0 Å². The van der Waals surface area contributed by atoms with Crippen LogP contribution in [0, 0.1) is 5.92 Å². The summed E-state index contributed by atoms with van der Waals surface area (Å²) in [7, 11) is 4.77. The maximum absolute atomic E-state index is 14.0. The minimum absolute atomic E-state index is 0.0203. The summed E-state index contributed by atoms with van der Waals surface area (Å²) in [5, 5.41) is 3.40. The molecule has 0 fully saturated rings. The Labute approximate surface area is 236 Å². The number of nitrogens with one attached hydrogen (secondary N) is 1. The molecule has 2 atom stereocenters. The van der Waals surface area contributed by atoms with Gasteiger partial charge in [-0.05, 0) is 67.5 Å². The van der Waals surface area contributed by atoms with Crippen LogP contribution >= 0.6 is 0 Å². The van der Waals surface area contributed by atoms with Crippen molar-refractivity contribution in [2.75, 3.05) is 34.5 Å². The highest BCUT2D eigenvalue weighted by atomic mass is 16.5. The first-order valence-corrected chi connectivity index (χ1v) is 13.7. The van der Waals surface area contributed by atoms with Gasteiger partial charge in [0.25, 0.3) is 0 Å². The molecule has 2 aromatic carbocycles. The molecule has 214 valence electrons. The summed E-state index contributed by atoms with van der Waals surface area (Å²) in [6.45, 7) is 8.52. The number of Topliss-reactive ketones (excluding diaryl/α,β-unsaturated/α-hetero) is 1. The Morgan fingerprint density at radius 2 is 1.55 bits per heavy atom. The van der Waals surface area contributed by atoms with Gasteiger partial charge in [0.2, 0.25) is 0 Å². The van der Waals surface area contributed by atoms with E-state index in [0.717, 1.165) is 16.8 Å². The van der Waals surface area contributed by atoms with Crippen molar-refractivity contribution in [3.8, 4) is 23.0 Å². The fourth-order valence-corrected chi connectivity index (χ4v) is 5.44. The van der Waals surface area contributed by atoms with Crippen molar-refractivity contribution < 1.29 is 33.3 Å². The van der Waals surface area contributed by atoms with E-state index in [9.17, 15) is 9.59 Å². The van der Waals surface area contributed by atoms with Gasteiger partial charge in [0, 0.05) is 29.3 Å². The minimum Gasteiger partial charge on any atom is -0.493 e. The van der Waals surface area contributed by atoms with Crippen LogP contribution in [0.3, 0.4) is 0 Å². The van der Waals surface area contributed by atoms with E-state index >= 15 is 0 Å². The molecule has 0 saturated heterocycles. The summed E-state index contributed by atoms with van der Waals surface area (Å²) in [6.07, 6.45) is 0.904. The molecule has 0 aromatic heterocycles. The van der Waals surface area contributed by atoms with Gasteiger partial charge in [-0.3, -0.25) is 4.79 Å². The van der Waals surface area contributed by atoms with Crippen LogP contribution in [0.4, 0.5) is 0 Å². The van der Waals surface area contributed by atoms with Gasteiger partial charge in [0.15, 0.2) is 28.8 Å². The zero-order valence-electron chi connectivity index (χ0n) is 24.4. The third-order valence-corrected chi connectivity index (χ3v) is 7.30. The molecule has 1 aliphatic carbocycles. The molecular weight excluding hydrogens is 510 g/mol. The number of hydrogen-bond acceptors (Lipinski definition) is 8. The maximum Gasteiger partial charge on any atom is 0.336 e. The van der Waals surface area contributed by atoms with Crippen LogP contribution in [0.25, 0.3) is 0 Å². The quantitative estimate of drug-likeness (QED) is 0.379. The van der Waals surface area contributed by atoms with E-state index < -0.39 is 11.9 Å². The molecule has 2 aliphatic rings. The standard InChI is InChI=1S/C32H39NO7/c1-8-39-26-12-10-21(16-28(26)38-7)30-29(32(35)40-17-18(2)3)19(4)33-23-13-22(14-24(34)31(23)30)20-9-11-25(36-5)27(15-20)37-6/h9-12,15-16,18,22,30,33H,8,13-14,17H2,1-7H3/t22-,30+/m0/s1. The second-order valence-corrected chi connectivity index (χ2v) is 10.5. The molecule has 8 heteroatoms. The molecule has 2 aromatic rings. The number of allylic oxidation sites excluding steroid dienone is 3. The van der Waals surface area contributed by atoms with Crippen molar-refractivity contribution in [2.24, 2.45) is 5.92 Å². The fraction of sp³-hybridized carbons (Fsp3) is 0.438. The van der Waals surface area contributed by atoms with E-state index in [1.807, 2.05) is 64.1 Å². The van der Waals surface area contributed by atoms with Crippen molar-refractivity contribution in [3.63, 3.8) is 0 Å². The molecule has 1 aliphatic heterocycles. The van der Waals surface area contributed by atoms with Crippen LogP contribution < -0.4 is 24.3 Å². The Morgan fingerprint density at radius 3 is 2.20 bits per heavy atom. The number of ketones is 1. The van der Waals surface area contributed by atoms with Crippen molar-refractivity contribution in [1.82, 2.24) is 5.32 Å². The average Bonchev–Trinajstić information content (AvgIpc) is 2.94. The van der Waals surface area contributed by atoms with Gasteiger partial charge in [-0.1, -0.05) is 26.0 Å². The van der Waals surface area contributed by atoms with Crippen LogP contribution in [0.2, 0.25) is 0 Å². The molecule has 1 N–H and O–H groups in total. The molecule has 0 amide bonds. The van der Waals surface area contributed by atoms with E-state index in [1.54, 1.807) is 21.3 Å². The summed E-state index contributed by atoms with van der Waals surface area (Å²) in [5.41, 5.74) is 4.26. The number of esters is 1. The molecule has 4 rings (SSSR count). The first-order valence-electron chi connectivity index (χ1n) is 13.7. The Kier molecular flexibility index (Phi) is 9.07. The SMILES string of the molecule is CCOc1ccc([C@@H]2C(C(=O)OCC(C)C)=C(C)NC3=C2C(=O)C[C@@H](c2ccc(OC)c(OC)c2)C3)cc1OC. The Morgan fingerprint density at radius 1 is 0.925 bits per heavy atom. The highest BCUT2D eigenvalue weighted by Crippen LogP contribution is 2.47. The summed E-state index contributed by atoms with van der Waals surface area (Å²) < 4.78 is 27.9. The summed E-state index contributed by atoms with van der Waals surface area (Å²) >= 11 is 0. The second kappa shape index (κ2) is 12.5. The first-order chi connectivity index (χ1) is 19.2. The molecule has 0 unspecified atom stereocenters. The molecule has 0 spiro atoms. The smallest absolute Gasteiger partial charge is 0.336 e. The lowest BCUT2D eigenvalue weighted by atomic mass is 9.71. The number of dihydropyridines is 1. The van der Waals surface area contributed by atoms with Crippen molar-refractivity contribution >= 4 is 11.8 Å². The van der Waals surface area contributed by atoms with Crippen molar-refractivity contribution in [1.29, 1.82) is 0 Å². The average molecular weight is 550 g/mol. The number of rotatable bonds is 10. The largest absolute Gasteiger partial charge is 0.493 e. The number of carbonyl (C=O) groups excluding carboxylic acids is 2. The Bertz CT molecular complexity index is 1340. The van der Waals surface area contributed by atoms with Crippen LogP contribution in [0.15, 0.2) is 58.9 Å². The number of hydrogen-bond donors (Lipinski definition) is 1. The number of methoxy groups -OCH3 is 3. The summed E-state index contributed by atoms with van der Waals surface area (Å²) in [5.74, 6) is 1.47. The second-order valence-electron chi connectivity index (χ2n) is 10.5. The fourth-order valence-electron chi connectivity index (χ4n) is 5.44. The van der Waals surface area contributed by atoms with E-state index in [1.165, 1.54) is 0 Å². The third kappa shape index (κ3) is 5.81. The van der Waals surface area contributed by atoms with Crippen LogP contribution in [0.1, 0.15) is 63.5 Å². The lowest BCUT2D eigenvalue weighted by Gasteiger charge is -2.37. The maximum atomic E-state index is 14.0. The van der Waals surface area contributed by atoms with Gasteiger partial charge < -0.3 is 29.0 Å². The van der Waals surface area contributed by atoms with Crippen LogP contribution in [-0.4, -0.2) is 46.3 Å².